The van der Waals surface area contributed by atoms with E-state index in [4.69, 9.17) is 11.6 Å². The molecule has 7 heteroatoms. The Balaban J connectivity index is 2.22. The number of rotatable bonds is 5. The van der Waals surface area contributed by atoms with Gasteiger partial charge < -0.3 is 5.32 Å². The van der Waals surface area contributed by atoms with Gasteiger partial charge in [0, 0.05) is 7.05 Å². The molecule has 26 heavy (non-hydrogen) atoms. The molecule has 0 radical (unpaired) electrons. The highest BCUT2D eigenvalue weighted by Gasteiger charge is 2.18. The minimum atomic E-state index is -3.39. The summed E-state index contributed by atoms with van der Waals surface area (Å²) in [5.74, 6) is -0.309. The third-order valence-corrected chi connectivity index (χ3v) is 5.82. The average molecular weight is 395 g/mol. The van der Waals surface area contributed by atoms with Crippen molar-refractivity contribution >= 4 is 33.2 Å². The second-order valence-corrected chi connectivity index (χ2v) is 8.87. The monoisotopic (exact) mass is 394 g/mol. The van der Waals surface area contributed by atoms with Gasteiger partial charge in [-0.15, -0.1) is 0 Å². The molecule has 1 amide bonds. The Bertz CT molecular complexity index is 942. The van der Waals surface area contributed by atoms with Gasteiger partial charge >= 0.3 is 0 Å². The van der Waals surface area contributed by atoms with Crippen LogP contribution in [0.5, 0.6) is 0 Å². The normalized spacial score (nSPS) is 12.5. The number of aryl methyl sites for hydroxylation is 2. The number of benzene rings is 2. The molecule has 0 saturated carbocycles. The molecule has 0 aliphatic carbocycles. The molecule has 0 aliphatic rings. The molecule has 2 aromatic rings. The summed E-state index contributed by atoms with van der Waals surface area (Å²) >= 11 is 6.22. The number of halogens is 1. The van der Waals surface area contributed by atoms with Crippen LogP contribution in [-0.4, -0.2) is 27.6 Å². The molecular weight excluding hydrogens is 372 g/mol. The second-order valence-electron chi connectivity index (χ2n) is 6.45. The Labute approximate surface area is 160 Å². The summed E-state index contributed by atoms with van der Waals surface area (Å²) < 4.78 is 24.4. The maximum Gasteiger partial charge on any atom is 0.253 e. The van der Waals surface area contributed by atoms with Gasteiger partial charge in [-0.3, -0.25) is 9.10 Å². The van der Waals surface area contributed by atoms with Crippen molar-refractivity contribution in [1.82, 2.24) is 5.32 Å². The predicted molar refractivity (Wildman–Crippen MR) is 106 cm³/mol. The third-order valence-electron chi connectivity index (χ3n) is 4.30. The molecular formula is C19H23ClN2O3S. The van der Waals surface area contributed by atoms with E-state index in [-0.39, 0.29) is 17.0 Å². The van der Waals surface area contributed by atoms with E-state index in [1.807, 2.05) is 32.9 Å². The van der Waals surface area contributed by atoms with Gasteiger partial charge in [-0.2, -0.15) is 0 Å². The third kappa shape index (κ3) is 4.56. The van der Waals surface area contributed by atoms with Crippen molar-refractivity contribution in [2.45, 2.75) is 26.8 Å². The average Bonchev–Trinajstić information content (AvgIpc) is 2.52. The second kappa shape index (κ2) is 7.68. The van der Waals surface area contributed by atoms with E-state index in [2.05, 4.69) is 11.4 Å². The lowest BCUT2D eigenvalue weighted by atomic mass is 10.00. The number of nitrogens with one attached hydrogen (secondary N) is 1. The minimum absolute atomic E-state index is 0.183. The van der Waals surface area contributed by atoms with Crippen molar-refractivity contribution in [3.63, 3.8) is 0 Å². The highest BCUT2D eigenvalue weighted by molar-refractivity contribution is 7.92. The van der Waals surface area contributed by atoms with E-state index < -0.39 is 10.0 Å². The van der Waals surface area contributed by atoms with Gasteiger partial charge in [-0.1, -0.05) is 35.4 Å². The molecule has 0 aliphatic heterocycles. The molecule has 2 aromatic carbocycles. The number of hydrogen-bond donors (Lipinski definition) is 1. The van der Waals surface area contributed by atoms with Crippen molar-refractivity contribution in [1.29, 1.82) is 0 Å². The zero-order chi connectivity index (χ0) is 19.6. The van der Waals surface area contributed by atoms with Crippen LogP contribution in [-0.2, 0) is 10.0 Å². The van der Waals surface area contributed by atoms with E-state index in [0.29, 0.717) is 11.3 Å². The number of sulfonamides is 1. The fourth-order valence-electron chi connectivity index (χ4n) is 2.74. The Hall–Kier alpha value is -2.05. The number of carbonyl (C=O) groups excluding carboxylic acids is 1. The maximum absolute atomic E-state index is 12.6. The maximum atomic E-state index is 12.6. The minimum Gasteiger partial charge on any atom is -0.345 e. The first-order valence-corrected chi connectivity index (χ1v) is 10.3. The summed E-state index contributed by atoms with van der Waals surface area (Å²) in [6.45, 7) is 5.94. The van der Waals surface area contributed by atoms with Crippen LogP contribution >= 0.6 is 11.6 Å². The van der Waals surface area contributed by atoms with Gasteiger partial charge in [0.15, 0.2) is 0 Å². The molecule has 0 fully saturated rings. The Morgan fingerprint density at radius 1 is 1.15 bits per heavy atom. The molecule has 2 rings (SSSR count). The summed E-state index contributed by atoms with van der Waals surface area (Å²) in [6.07, 6.45) is 1.10. The van der Waals surface area contributed by atoms with E-state index in [9.17, 15) is 13.2 Å². The molecule has 140 valence electrons. The smallest absolute Gasteiger partial charge is 0.253 e. The highest BCUT2D eigenvalue weighted by atomic mass is 35.5. The SMILES string of the molecule is Cc1ccc(C(C)NC(=O)c2ccc(N(C)S(C)(=O)=O)cc2Cl)c(C)c1. The van der Waals surface area contributed by atoms with Gasteiger partial charge in [-0.25, -0.2) is 8.42 Å². The quantitative estimate of drug-likeness (QED) is 0.837. The first kappa shape index (κ1) is 20.3. The van der Waals surface area contributed by atoms with E-state index in [1.54, 1.807) is 6.07 Å². The summed E-state index contributed by atoms with van der Waals surface area (Å²) in [5, 5.41) is 3.13. The van der Waals surface area contributed by atoms with Crippen LogP contribution in [0.15, 0.2) is 36.4 Å². The topological polar surface area (TPSA) is 66.5 Å². The van der Waals surface area contributed by atoms with Crippen LogP contribution in [0.1, 0.15) is 40.0 Å². The zero-order valence-electron chi connectivity index (χ0n) is 15.5. The molecule has 0 aromatic heterocycles. The van der Waals surface area contributed by atoms with Gasteiger partial charge in [0.05, 0.1) is 28.6 Å². The van der Waals surface area contributed by atoms with Crippen molar-refractivity contribution in [2.24, 2.45) is 0 Å². The number of anilines is 1. The lowest BCUT2D eigenvalue weighted by Gasteiger charge is -2.19. The van der Waals surface area contributed by atoms with Gasteiger partial charge in [0.25, 0.3) is 5.91 Å². The largest absolute Gasteiger partial charge is 0.345 e. The van der Waals surface area contributed by atoms with Crippen molar-refractivity contribution < 1.29 is 13.2 Å². The van der Waals surface area contributed by atoms with Crippen LogP contribution in [0.3, 0.4) is 0 Å². The first-order valence-electron chi connectivity index (χ1n) is 8.12. The zero-order valence-corrected chi connectivity index (χ0v) is 17.1. The molecule has 1 unspecified atom stereocenters. The summed E-state index contributed by atoms with van der Waals surface area (Å²) in [6, 6.07) is 10.5. The Morgan fingerprint density at radius 3 is 2.35 bits per heavy atom. The van der Waals surface area contributed by atoms with Crippen LogP contribution in [0.2, 0.25) is 5.02 Å². The van der Waals surface area contributed by atoms with Crippen molar-refractivity contribution in [2.75, 3.05) is 17.6 Å². The van der Waals surface area contributed by atoms with Gasteiger partial charge in [0.2, 0.25) is 10.0 Å². The predicted octanol–water partition coefficient (Wildman–Crippen LogP) is 3.84. The number of amides is 1. The molecule has 0 spiro atoms. The van der Waals surface area contributed by atoms with Crippen LogP contribution < -0.4 is 9.62 Å². The standard InChI is InChI=1S/C19H23ClN2O3S/c1-12-6-8-16(13(2)10-12)14(3)21-19(23)17-9-7-15(11-18(17)20)22(4)26(5,24)25/h6-11,14H,1-5H3,(H,21,23). The number of nitrogens with zero attached hydrogens (tertiary/aromatic N) is 1. The van der Waals surface area contributed by atoms with Crippen molar-refractivity contribution in [3.8, 4) is 0 Å². The van der Waals surface area contributed by atoms with Gasteiger partial charge in [-0.05, 0) is 50.1 Å². The van der Waals surface area contributed by atoms with E-state index >= 15 is 0 Å². The summed E-state index contributed by atoms with van der Waals surface area (Å²) in [4.78, 5) is 12.6. The van der Waals surface area contributed by atoms with Crippen LogP contribution in [0.4, 0.5) is 5.69 Å². The molecule has 1 N–H and O–H groups in total. The van der Waals surface area contributed by atoms with Gasteiger partial charge in [0.1, 0.15) is 0 Å². The summed E-state index contributed by atoms with van der Waals surface area (Å²) in [7, 11) is -1.96. The molecule has 0 saturated heterocycles. The Kier molecular flexibility index (Phi) is 5.98. The first-order chi connectivity index (χ1) is 12.0. The lowest BCUT2D eigenvalue weighted by Crippen LogP contribution is -2.28. The lowest BCUT2D eigenvalue weighted by molar-refractivity contribution is 0.0940. The Morgan fingerprint density at radius 2 is 1.81 bits per heavy atom. The van der Waals surface area contributed by atoms with Crippen LogP contribution in [0, 0.1) is 13.8 Å². The summed E-state index contributed by atoms with van der Waals surface area (Å²) in [5.41, 5.74) is 4.01. The molecule has 0 bridgehead atoms. The molecule has 0 heterocycles. The van der Waals surface area contributed by atoms with Crippen LogP contribution in [0.25, 0.3) is 0 Å². The number of carbonyl (C=O) groups is 1. The fourth-order valence-corrected chi connectivity index (χ4v) is 3.50. The fraction of sp³-hybridized carbons (Fsp3) is 0.316. The number of hydrogen-bond acceptors (Lipinski definition) is 3. The van der Waals surface area contributed by atoms with E-state index in [0.717, 1.165) is 21.7 Å². The molecule has 5 nitrogen and oxygen atoms in total. The molecule has 1 atom stereocenters. The van der Waals surface area contributed by atoms with Crippen molar-refractivity contribution in [3.05, 3.63) is 63.7 Å². The highest BCUT2D eigenvalue weighted by Crippen LogP contribution is 2.25. The van der Waals surface area contributed by atoms with E-state index in [1.165, 1.54) is 24.7 Å².